The van der Waals surface area contributed by atoms with E-state index in [4.69, 9.17) is 0 Å². The van der Waals surface area contributed by atoms with Crippen molar-refractivity contribution in [3.8, 4) is 0 Å². The van der Waals surface area contributed by atoms with E-state index in [1.54, 1.807) is 0 Å². The van der Waals surface area contributed by atoms with Crippen molar-refractivity contribution in [3.05, 3.63) is 24.1 Å². The molecule has 2 aliphatic rings. The second-order valence-electron chi connectivity index (χ2n) is 9.15. The molecule has 0 aliphatic heterocycles. The molecular formula is C20H38Si2. The van der Waals surface area contributed by atoms with Gasteiger partial charge in [-0.3, -0.25) is 0 Å². The lowest BCUT2D eigenvalue weighted by Gasteiger charge is -2.28. The maximum atomic E-state index is 4.12. The van der Waals surface area contributed by atoms with Gasteiger partial charge >= 0.3 is 0 Å². The summed E-state index contributed by atoms with van der Waals surface area (Å²) in [5, 5.41) is 0. The van der Waals surface area contributed by atoms with Crippen molar-refractivity contribution >= 4 is 16.1 Å². The minimum Gasteiger partial charge on any atom is -0.107 e. The third-order valence-electron chi connectivity index (χ3n) is 6.80. The highest BCUT2D eigenvalue weighted by Gasteiger charge is 2.33. The SMILES string of the molecule is C=C[Si](C)(C)C1CCCC(/C=C/[Si](C)(C)C2CCCC2)CC1. The summed E-state index contributed by atoms with van der Waals surface area (Å²) in [5.41, 5.74) is 7.09. The van der Waals surface area contributed by atoms with Crippen LogP contribution in [0.3, 0.4) is 0 Å². The second kappa shape index (κ2) is 7.66. The number of allylic oxidation sites excluding steroid dienone is 1. The summed E-state index contributed by atoms with van der Waals surface area (Å²) in [6, 6.07) is 0. The topological polar surface area (TPSA) is 0 Å². The van der Waals surface area contributed by atoms with Crippen molar-refractivity contribution in [3.63, 3.8) is 0 Å². The van der Waals surface area contributed by atoms with E-state index in [1.807, 2.05) is 0 Å². The first-order chi connectivity index (χ1) is 10.3. The van der Waals surface area contributed by atoms with Crippen LogP contribution in [0.5, 0.6) is 0 Å². The van der Waals surface area contributed by atoms with Crippen LogP contribution in [-0.2, 0) is 0 Å². The molecule has 0 aromatic heterocycles. The van der Waals surface area contributed by atoms with Crippen LogP contribution in [0.15, 0.2) is 24.1 Å². The monoisotopic (exact) mass is 334 g/mol. The summed E-state index contributed by atoms with van der Waals surface area (Å²) < 4.78 is 0. The Balaban J connectivity index is 1.91. The second-order valence-corrected chi connectivity index (χ2v) is 18.8. The maximum absolute atomic E-state index is 4.12. The quantitative estimate of drug-likeness (QED) is 0.371. The van der Waals surface area contributed by atoms with Gasteiger partial charge in [0, 0.05) is 0 Å². The van der Waals surface area contributed by atoms with Gasteiger partial charge in [-0.1, -0.05) is 82.9 Å². The minimum absolute atomic E-state index is 0.868. The van der Waals surface area contributed by atoms with Crippen LogP contribution in [0.2, 0.25) is 37.3 Å². The molecule has 0 nitrogen and oxygen atoms in total. The van der Waals surface area contributed by atoms with E-state index < -0.39 is 16.1 Å². The van der Waals surface area contributed by atoms with E-state index >= 15 is 0 Å². The third-order valence-corrected chi connectivity index (χ3v) is 14.3. The Morgan fingerprint density at radius 2 is 1.32 bits per heavy atom. The van der Waals surface area contributed by atoms with E-state index in [0.717, 1.165) is 17.0 Å². The van der Waals surface area contributed by atoms with Gasteiger partial charge in [0.2, 0.25) is 0 Å². The van der Waals surface area contributed by atoms with E-state index in [2.05, 4.69) is 50.2 Å². The largest absolute Gasteiger partial charge is 0.107 e. The summed E-state index contributed by atoms with van der Waals surface area (Å²) in [4.78, 5) is 0. The highest BCUT2D eigenvalue weighted by atomic mass is 28.3. The molecule has 0 saturated heterocycles. The summed E-state index contributed by atoms with van der Waals surface area (Å²) in [5.74, 6) is 0.868. The van der Waals surface area contributed by atoms with Crippen molar-refractivity contribution in [2.24, 2.45) is 5.92 Å². The smallest absolute Gasteiger partial charge is 0.0743 e. The van der Waals surface area contributed by atoms with Gasteiger partial charge in [0.1, 0.15) is 0 Å². The van der Waals surface area contributed by atoms with E-state index in [0.29, 0.717) is 0 Å². The average Bonchev–Trinajstić information content (AvgIpc) is 2.92. The van der Waals surface area contributed by atoms with Crippen LogP contribution in [-0.4, -0.2) is 16.1 Å². The molecule has 2 atom stereocenters. The standard InChI is InChI=1S/C20H38Si2/c1-6-21(2,3)20-13-9-10-18(14-15-20)16-17-22(4,5)19-11-7-8-12-19/h6,16-20H,1,7-15H2,2-5H3/b17-16+. The summed E-state index contributed by atoms with van der Waals surface area (Å²) in [7, 11) is -2.29. The van der Waals surface area contributed by atoms with Crippen LogP contribution in [0.25, 0.3) is 0 Å². The fourth-order valence-electron chi connectivity index (χ4n) is 4.62. The van der Waals surface area contributed by atoms with Crippen molar-refractivity contribution in [1.29, 1.82) is 0 Å². The van der Waals surface area contributed by atoms with Gasteiger partial charge in [0.15, 0.2) is 0 Å². The molecule has 0 aromatic rings. The highest BCUT2D eigenvalue weighted by Crippen LogP contribution is 2.41. The van der Waals surface area contributed by atoms with E-state index in [1.165, 1.54) is 57.8 Å². The number of hydrogen-bond acceptors (Lipinski definition) is 0. The van der Waals surface area contributed by atoms with Gasteiger partial charge in [0.05, 0.1) is 16.1 Å². The average molecular weight is 335 g/mol. The molecule has 0 aromatic carbocycles. The van der Waals surface area contributed by atoms with Gasteiger partial charge in [-0.05, 0) is 29.8 Å². The van der Waals surface area contributed by atoms with E-state index in [9.17, 15) is 0 Å². The van der Waals surface area contributed by atoms with Crippen LogP contribution >= 0.6 is 0 Å². The molecule has 2 fully saturated rings. The molecule has 2 rings (SSSR count). The highest BCUT2D eigenvalue weighted by molar-refractivity contribution is 6.83. The maximum Gasteiger partial charge on any atom is 0.0743 e. The molecule has 2 aliphatic carbocycles. The molecule has 126 valence electrons. The molecule has 0 spiro atoms. The lowest BCUT2D eigenvalue weighted by molar-refractivity contribution is 0.559. The number of hydrogen-bond donors (Lipinski definition) is 0. The van der Waals surface area contributed by atoms with Crippen molar-refractivity contribution in [2.75, 3.05) is 0 Å². The Morgan fingerprint density at radius 3 is 1.95 bits per heavy atom. The fraction of sp³-hybridized carbons (Fsp3) is 0.800. The van der Waals surface area contributed by atoms with Crippen molar-refractivity contribution < 1.29 is 0 Å². The lowest BCUT2D eigenvalue weighted by Crippen LogP contribution is -2.29. The third kappa shape index (κ3) is 4.70. The molecule has 0 heterocycles. The Labute approximate surface area is 141 Å². The molecule has 0 amide bonds. The Bertz CT molecular complexity index is 389. The first-order valence-corrected chi connectivity index (χ1v) is 16.0. The van der Waals surface area contributed by atoms with Gasteiger partial charge in [-0.25, -0.2) is 0 Å². The van der Waals surface area contributed by atoms with Crippen molar-refractivity contribution in [1.82, 2.24) is 0 Å². The first kappa shape index (κ1) is 18.3. The van der Waals surface area contributed by atoms with Crippen molar-refractivity contribution in [2.45, 2.75) is 95.1 Å². The zero-order valence-electron chi connectivity index (χ0n) is 15.5. The van der Waals surface area contributed by atoms with Crippen LogP contribution < -0.4 is 0 Å². The predicted octanol–water partition coefficient (Wildman–Crippen LogP) is 7.12. The molecular weight excluding hydrogens is 296 g/mol. The molecule has 22 heavy (non-hydrogen) atoms. The van der Waals surface area contributed by atoms with Gasteiger partial charge < -0.3 is 0 Å². The molecule has 2 heteroatoms. The zero-order chi connectivity index (χ0) is 16.2. The van der Waals surface area contributed by atoms with Crippen LogP contribution in [0.1, 0.15) is 57.8 Å². The van der Waals surface area contributed by atoms with Crippen LogP contribution in [0.4, 0.5) is 0 Å². The van der Waals surface area contributed by atoms with Crippen LogP contribution in [0, 0.1) is 5.92 Å². The molecule has 0 radical (unpaired) electrons. The lowest BCUT2D eigenvalue weighted by atomic mass is 10.0. The Hall–Kier alpha value is -0.0862. The molecule has 0 N–H and O–H groups in total. The fourth-order valence-corrected chi connectivity index (χ4v) is 9.75. The Morgan fingerprint density at radius 1 is 0.727 bits per heavy atom. The van der Waals surface area contributed by atoms with Gasteiger partial charge in [-0.15, -0.1) is 12.3 Å². The predicted molar refractivity (Wildman–Crippen MR) is 107 cm³/mol. The molecule has 2 unspecified atom stereocenters. The normalized spacial score (nSPS) is 28.9. The number of rotatable bonds is 5. The summed E-state index contributed by atoms with van der Waals surface area (Å²) >= 11 is 0. The summed E-state index contributed by atoms with van der Waals surface area (Å²) in [6.07, 6.45) is 15.9. The molecule has 0 bridgehead atoms. The zero-order valence-corrected chi connectivity index (χ0v) is 17.5. The molecule has 2 saturated carbocycles. The first-order valence-electron chi connectivity index (χ1n) is 9.68. The minimum atomic E-state index is -1.17. The summed E-state index contributed by atoms with van der Waals surface area (Å²) in [6.45, 7) is 14.4. The van der Waals surface area contributed by atoms with Gasteiger partial charge in [-0.2, -0.15) is 0 Å². The van der Waals surface area contributed by atoms with Gasteiger partial charge in [0.25, 0.3) is 0 Å². The van der Waals surface area contributed by atoms with E-state index in [-0.39, 0.29) is 0 Å². The Kier molecular flexibility index (Phi) is 6.35.